The Morgan fingerprint density at radius 2 is 2.17 bits per heavy atom. The molecule has 0 atom stereocenters. The molecule has 0 aliphatic heterocycles. The van der Waals surface area contributed by atoms with Gasteiger partial charge in [-0.25, -0.2) is 4.79 Å². The maximum Gasteiger partial charge on any atom is 0.339 e. The van der Waals surface area contributed by atoms with Crippen LogP contribution >= 0.6 is 15.9 Å². The predicted octanol–water partition coefficient (Wildman–Crippen LogP) is 2.70. The van der Waals surface area contributed by atoms with E-state index in [2.05, 4.69) is 15.9 Å². The number of carbonyl (C=O) groups excluding carboxylic acids is 2. The van der Waals surface area contributed by atoms with Gasteiger partial charge in [0.05, 0.1) is 17.7 Å². The Bertz CT molecular complexity index is 505. The van der Waals surface area contributed by atoms with Gasteiger partial charge >= 0.3 is 5.97 Å². The van der Waals surface area contributed by atoms with Crippen LogP contribution in [0.25, 0.3) is 0 Å². The third kappa shape index (κ3) is 3.41. The summed E-state index contributed by atoms with van der Waals surface area (Å²) in [4.78, 5) is 23.2. The maximum atomic E-state index is 11.7. The number of benzene rings is 1. The Balaban J connectivity index is 3.08. The minimum Gasteiger partial charge on any atom is -0.462 e. The maximum absolute atomic E-state index is 11.7. The van der Waals surface area contributed by atoms with Crippen LogP contribution < -0.4 is 0 Å². The van der Waals surface area contributed by atoms with E-state index in [-0.39, 0.29) is 23.5 Å². The normalized spacial score (nSPS) is 9.61. The van der Waals surface area contributed by atoms with Crippen molar-refractivity contribution in [3.8, 4) is 6.07 Å². The Morgan fingerprint density at radius 1 is 1.44 bits per heavy atom. The van der Waals surface area contributed by atoms with Gasteiger partial charge in [-0.1, -0.05) is 22.0 Å². The number of rotatable bonds is 5. The Kier molecular flexibility index (Phi) is 5.53. The van der Waals surface area contributed by atoms with Gasteiger partial charge in [0.25, 0.3) is 0 Å². The number of halogens is 1. The molecule has 5 heteroatoms. The van der Waals surface area contributed by atoms with Crippen LogP contribution in [0, 0.1) is 11.3 Å². The summed E-state index contributed by atoms with van der Waals surface area (Å²) < 4.78 is 4.84. The molecule has 0 radical (unpaired) electrons. The summed E-state index contributed by atoms with van der Waals surface area (Å²) in [6, 6.07) is 6.33. The number of ketones is 1. The van der Waals surface area contributed by atoms with Crippen LogP contribution in [0.1, 0.15) is 39.6 Å². The van der Waals surface area contributed by atoms with Gasteiger partial charge in [-0.3, -0.25) is 4.79 Å². The molecule has 1 aromatic carbocycles. The first kappa shape index (κ1) is 14.4. The lowest BCUT2D eigenvalue weighted by atomic mass is 10.0. The SMILES string of the molecule is CCOC(=O)c1ccc(C(=O)CCBr)cc1C#N. The van der Waals surface area contributed by atoms with E-state index in [4.69, 9.17) is 10.00 Å². The molecule has 0 N–H and O–H groups in total. The van der Waals surface area contributed by atoms with Crippen LogP contribution in [0.4, 0.5) is 0 Å². The van der Waals surface area contributed by atoms with Crippen LogP contribution in [0.15, 0.2) is 18.2 Å². The van der Waals surface area contributed by atoms with Gasteiger partial charge in [0.1, 0.15) is 6.07 Å². The molecule has 0 saturated carbocycles. The number of Topliss-reactive ketones (excluding diaryl/α,β-unsaturated/α-hetero) is 1. The molecule has 0 aliphatic carbocycles. The average molecular weight is 310 g/mol. The van der Waals surface area contributed by atoms with E-state index in [1.807, 2.05) is 6.07 Å². The van der Waals surface area contributed by atoms with E-state index in [0.29, 0.717) is 17.3 Å². The van der Waals surface area contributed by atoms with Crippen molar-refractivity contribution in [1.82, 2.24) is 0 Å². The molecule has 94 valence electrons. The Hall–Kier alpha value is -1.67. The van der Waals surface area contributed by atoms with Gasteiger partial charge in [0, 0.05) is 17.3 Å². The van der Waals surface area contributed by atoms with Crippen molar-refractivity contribution in [1.29, 1.82) is 5.26 Å². The summed E-state index contributed by atoms with van der Waals surface area (Å²) >= 11 is 3.18. The van der Waals surface area contributed by atoms with Gasteiger partial charge in [0.15, 0.2) is 5.78 Å². The molecule has 0 bridgehead atoms. The zero-order valence-corrected chi connectivity index (χ0v) is 11.5. The number of nitriles is 1. The van der Waals surface area contributed by atoms with Crippen molar-refractivity contribution in [2.45, 2.75) is 13.3 Å². The van der Waals surface area contributed by atoms with Crippen molar-refractivity contribution < 1.29 is 14.3 Å². The zero-order valence-electron chi connectivity index (χ0n) is 9.90. The summed E-state index contributed by atoms with van der Waals surface area (Å²) in [5, 5.41) is 9.56. The first-order chi connectivity index (χ1) is 8.63. The molecule has 18 heavy (non-hydrogen) atoms. The highest BCUT2D eigenvalue weighted by Crippen LogP contribution is 2.14. The summed E-state index contributed by atoms with van der Waals surface area (Å²) in [5.41, 5.74) is 0.780. The number of ether oxygens (including phenoxy) is 1. The van der Waals surface area contributed by atoms with Crippen LogP contribution in [0.5, 0.6) is 0 Å². The van der Waals surface area contributed by atoms with E-state index in [1.165, 1.54) is 18.2 Å². The molecule has 0 heterocycles. The second kappa shape index (κ2) is 6.92. The minimum atomic E-state index is -0.548. The van der Waals surface area contributed by atoms with Crippen LogP contribution in [-0.2, 0) is 4.74 Å². The van der Waals surface area contributed by atoms with Gasteiger partial charge in [-0.2, -0.15) is 5.26 Å². The predicted molar refractivity (Wildman–Crippen MR) is 69.9 cm³/mol. The molecule has 1 rings (SSSR count). The lowest BCUT2D eigenvalue weighted by Gasteiger charge is -2.05. The summed E-state index contributed by atoms with van der Waals surface area (Å²) in [6.07, 6.45) is 0.351. The first-order valence-electron chi connectivity index (χ1n) is 5.44. The number of esters is 1. The highest BCUT2D eigenvalue weighted by molar-refractivity contribution is 9.09. The van der Waals surface area contributed by atoms with Gasteiger partial charge < -0.3 is 4.74 Å². The van der Waals surface area contributed by atoms with E-state index >= 15 is 0 Å². The fourth-order valence-electron chi connectivity index (χ4n) is 1.43. The first-order valence-corrected chi connectivity index (χ1v) is 6.56. The van der Waals surface area contributed by atoms with Crippen LogP contribution in [0.2, 0.25) is 0 Å². The lowest BCUT2D eigenvalue weighted by Crippen LogP contribution is -2.08. The largest absolute Gasteiger partial charge is 0.462 e. The molecule has 4 nitrogen and oxygen atoms in total. The third-order valence-electron chi connectivity index (χ3n) is 2.28. The third-order valence-corrected chi connectivity index (χ3v) is 2.68. The molecule has 0 aromatic heterocycles. The summed E-state index contributed by atoms with van der Waals surface area (Å²) in [6.45, 7) is 1.94. The minimum absolute atomic E-state index is 0.0706. The van der Waals surface area contributed by atoms with E-state index in [9.17, 15) is 9.59 Å². The molecule has 0 spiro atoms. The number of carbonyl (C=O) groups is 2. The summed E-state index contributed by atoms with van der Waals surface area (Å²) in [7, 11) is 0. The van der Waals surface area contributed by atoms with Crippen LogP contribution in [0.3, 0.4) is 0 Å². The molecular weight excluding hydrogens is 298 g/mol. The van der Waals surface area contributed by atoms with Gasteiger partial charge in [0.2, 0.25) is 0 Å². The fraction of sp³-hybridized carbons (Fsp3) is 0.308. The van der Waals surface area contributed by atoms with Crippen molar-refractivity contribution in [2.75, 3.05) is 11.9 Å². The molecule has 0 aliphatic rings. The quantitative estimate of drug-likeness (QED) is 0.476. The van der Waals surface area contributed by atoms with Crippen molar-refractivity contribution in [2.24, 2.45) is 0 Å². The van der Waals surface area contributed by atoms with Gasteiger partial charge in [-0.15, -0.1) is 0 Å². The highest BCUT2D eigenvalue weighted by Gasteiger charge is 2.15. The van der Waals surface area contributed by atoms with Crippen molar-refractivity contribution in [3.63, 3.8) is 0 Å². The average Bonchev–Trinajstić information content (AvgIpc) is 2.38. The highest BCUT2D eigenvalue weighted by atomic mass is 79.9. The number of alkyl halides is 1. The number of nitrogens with zero attached hydrogens (tertiary/aromatic N) is 1. The monoisotopic (exact) mass is 309 g/mol. The topological polar surface area (TPSA) is 67.2 Å². The standard InChI is InChI=1S/C13H12BrNO3/c1-2-18-13(17)11-4-3-9(7-10(11)8-15)12(16)5-6-14/h3-4,7H,2,5-6H2,1H3. The van der Waals surface area contributed by atoms with Crippen LogP contribution in [-0.4, -0.2) is 23.7 Å². The van der Waals surface area contributed by atoms with Gasteiger partial charge in [-0.05, 0) is 19.1 Å². The smallest absolute Gasteiger partial charge is 0.339 e. The molecule has 0 fully saturated rings. The van der Waals surface area contributed by atoms with E-state index in [0.717, 1.165) is 0 Å². The Morgan fingerprint density at radius 3 is 2.72 bits per heavy atom. The van der Waals surface area contributed by atoms with E-state index in [1.54, 1.807) is 6.92 Å². The second-order valence-corrected chi connectivity index (χ2v) is 4.25. The molecule has 0 amide bonds. The molecule has 0 unspecified atom stereocenters. The molecule has 0 saturated heterocycles. The lowest BCUT2D eigenvalue weighted by molar-refractivity contribution is 0.0525. The molecule has 1 aromatic rings. The van der Waals surface area contributed by atoms with E-state index < -0.39 is 5.97 Å². The summed E-state index contributed by atoms with van der Waals surface area (Å²) in [5.74, 6) is -0.618. The molecular formula is C13H12BrNO3. The zero-order chi connectivity index (χ0) is 13.5. The fourth-order valence-corrected chi connectivity index (χ4v) is 1.79. The Labute approximate surface area is 114 Å². The second-order valence-electron chi connectivity index (χ2n) is 3.45. The van der Waals surface area contributed by atoms with Crippen molar-refractivity contribution in [3.05, 3.63) is 34.9 Å². The van der Waals surface area contributed by atoms with Crippen molar-refractivity contribution >= 4 is 27.7 Å². The number of hydrogen-bond donors (Lipinski definition) is 0. The number of hydrogen-bond acceptors (Lipinski definition) is 4.